The lowest BCUT2D eigenvalue weighted by atomic mass is 10.0. The number of benzene rings is 1. The number of halogens is 1. The fourth-order valence-electron chi connectivity index (χ4n) is 2.15. The molecule has 0 saturated heterocycles. The van der Waals surface area contributed by atoms with Gasteiger partial charge in [0.2, 0.25) is 0 Å². The molecule has 1 heterocycles. The van der Waals surface area contributed by atoms with Crippen LogP contribution in [-0.2, 0) is 13.0 Å². The number of pyridine rings is 1. The van der Waals surface area contributed by atoms with Gasteiger partial charge in [-0.15, -0.1) is 0 Å². The molecule has 0 aliphatic heterocycles. The van der Waals surface area contributed by atoms with Crippen LogP contribution in [0.15, 0.2) is 36.7 Å². The summed E-state index contributed by atoms with van der Waals surface area (Å²) in [7, 11) is 0. The summed E-state index contributed by atoms with van der Waals surface area (Å²) in [5.41, 5.74) is 9.24. The van der Waals surface area contributed by atoms with Crippen LogP contribution in [-0.4, -0.2) is 11.0 Å². The summed E-state index contributed by atoms with van der Waals surface area (Å²) in [6.07, 6.45) is 5.32. The van der Waals surface area contributed by atoms with Gasteiger partial charge in [-0.25, -0.2) is 0 Å². The Morgan fingerprint density at radius 2 is 2.14 bits per heavy atom. The Hall–Kier alpha value is -1.58. The minimum absolute atomic E-state index is 0.117. The van der Waals surface area contributed by atoms with Crippen LogP contribution >= 0.6 is 11.6 Å². The van der Waals surface area contributed by atoms with E-state index in [1.807, 2.05) is 31.3 Å². The van der Waals surface area contributed by atoms with Crippen LogP contribution in [0.5, 0.6) is 5.75 Å². The second-order valence-corrected chi connectivity index (χ2v) is 5.67. The molecule has 0 spiro atoms. The van der Waals surface area contributed by atoms with Gasteiger partial charge in [-0.1, -0.05) is 30.7 Å². The molecule has 0 aliphatic carbocycles. The second kappa shape index (κ2) is 7.43. The summed E-state index contributed by atoms with van der Waals surface area (Å²) in [4.78, 5) is 4.17. The van der Waals surface area contributed by atoms with Crippen molar-refractivity contribution in [2.24, 2.45) is 5.73 Å². The van der Waals surface area contributed by atoms with E-state index in [2.05, 4.69) is 18.0 Å². The normalized spacial score (nSPS) is 12.2. The number of nitrogens with two attached hydrogens (primary N) is 1. The average Bonchev–Trinajstić information content (AvgIpc) is 2.46. The van der Waals surface area contributed by atoms with Crippen LogP contribution in [0.4, 0.5) is 0 Å². The third-order valence-corrected chi connectivity index (χ3v) is 3.67. The van der Waals surface area contributed by atoms with Crippen molar-refractivity contribution in [3.63, 3.8) is 0 Å². The Kier molecular flexibility index (Phi) is 5.59. The zero-order valence-corrected chi connectivity index (χ0v) is 13.2. The van der Waals surface area contributed by atoms with Crippen LogP contribution in [0.25, 0.3) is 0 Å². The maximum absolute atomic E-state index is 6.27. The largest absolute Gasteiger partial charge is 0.487 e. The van der Waals surface area contributed by atoms with Gasteiger partial charge in [0.25, 0.3) is 0 Å². The first kappa shape index (κ1) is 15.8. The van der Waals surface area contributed by atoms with E-state index in [1.165, 1.54) is 0 Å². The lowest BCUT2D eigenvalue weighted by Gasteiger charge is -2.15. The fourth-order valence-corrected chi connectivity index (χ4v) is 2.40. The molecule has 0 saturated carbocycles. The molecule has 1 aromatic heterocycles. The predicted octanol–water partition coefficient (Wildman–Crippen LogP) is 3.90. The lowest BCUT2D eigenvalue weighted by Crippen LogP contribution is -2.21. The van der Waals surface area contributed by atoms with Gasteiger partial charge >= 0.3 is 0 Å². The zero-order chi connectivity index (χ0) is 15.2. The van der Waals surface area contributed by atoms with Gasteiger partial charge in [0.1, 0.15) is 12.4 Å². The van der Waals surface area contributed by atoms with Crippen molar-refractivity contribution >= 4 is 11.6 Å². The first-order chi connectivity index (χ1) is 10.1. The molecule has 0 fully saturated rings. The Bertz CT molecular complexity index is 601. The molecule has 2 rings (SSSR count). The van der Waals surface area contributed by atoms with E-state index >= 15 is 0 Å². The number of hydrogen-bond donors (Lipinski definition) is 1. The molecule has 1 aromatic carbocycles. The van der Waals surface area contributed by atoms with Crippen LogP contribution < -0.4 is 10.5 Å². The molecule has 112 valence electrons. The van der Waals surface area contributed by atoms with Crippen molar-refractivity contribution in [3.05, 3.63) is 58.4 Å². The summed E-state index contributed by atoms with van der Waals surface area (Å²) in [6, 6.07) is 7.96. The third kappa shape index (κ3) is 4.45. The number of ether oxygens (including phenoxy) is 1. The number of aryl methyl sites for hydroxylation is 1. The number of rotatable bonds is 6. The molecular weight excluding hydrogens is 284 g/mol. The van der Waals surface area contributed by atoms with E-state index in [4.69, 9.17) is 22.1 Å². The summed E-state index contributed by atoms with van der Waals surface area (Å²) >= 11 is 6.27. The molecule has 21 heavy (non-hydrogen) atoms. The maximum atomic E-state index is 6.27. The number of nitrogens with zero attached hydrogens (tertiary/aromatic N) is 1. The standard InChI is InChI=1S/C17H21ClN2O/c1-3-15(19)8-14-5-4-6-16(18)17(14)21-11-13-7-12(2)9-20-10-13/h4-7,9-10,15H,3,8,11,19H2,1-2H3. The van der Waals surface area contributed by atoms with Gasteiger partial charge in [-0.2, -0.15) is 0 Å². The Morgan fingerprint density at radius 3 is 2.86 bits per heavy atom. The van der Waals surface area contributed by atoms with Crippen molar-refractivity contribution in [1.82, 2.24) is 4.98 Å². The minimum atomic E-state index is 0.117. The quantitative estimate of drug-likeness (QED) is 0.880. The van der Waals surface area contributed by atoms with Gasteiger partial charge in [0, 0.05) is 24.0 Å². The highest BCUT2D eigenvalue weighted by molar-refractivity contribution is 6.32. The lowest BCUT2D eigenvalue weighted by molar-refractivity contribution is 0.302. The van der Waals surface area contributed by atoms with Gasteiger partial charge < -0.3 is 10.5 Å². The van der Waals surface area contributed by atoms with Crippen LogP contribution in [0.2, 0.25) is 5.02 Å². The number of hydrogen-bond acceptors (Lipinski definition) is 3. The van der Waals surface area contributed by atoms with Gasteiger partial charge in [-0.3, -0.25) is 4.98 Å². The van der Waals surface area contributed by atoms with E-state index in [-0.39, 0.29) is 6.04 Å². The van der Waals surface area contributed by atoms with Gasteiger partial charge in [-0.05, 0) is 43.0 Å². The molecule has 3 nitrogen and oxygen atoms in total. The smallest absolute Gasteiger partial charge is 0.141 e. The van der Waals surface area contributed by atoms with E-state index in [0.717, 1.165) is 35.3 Å². The minimum Gasteiger partial charge on any atom is -0.487 e. The Labute approximate surface area is 131 Å². The Morgan fingerprint density at radius 1 is 1.33 bits per heavy atom. The van der Waals surface area contributed by atoms with Crippen LogP contribution in [0, 0.1) is 6.92 Å². The number of aromatic nitrogens is 1. The highest BCUT2D eigenvalue weighted by atomic mass is 35.5. The molecule has 0 radical (unpaired) electrons. The topological polar surface area (TPSA) is 48.1 Å². The summed E-state index contributed by atoms with van der Waals surface area (Å²) in [6.45, 7) is 4.54. The summed E-state index contributed by atoms with van der Waals surface area (Å²) in [5.74, 6) is 0.726. The molecule has 2 aromatic rings. The molecular formula is C17H21ClN2O. The Balaban J connectivity index is 2.15. The molecule has 1 atom stereocenters. The molecule has 4 heteroatoms. The summed E-state index contributed by atoms with van der Waals surface area (Å²) < 4.78 is 5.93. The second-order valence-electron chi connectivity index (χ2n) is 5.26. The van der Waals surface area contributed by atoms with Crippen molar-refractivity contribution in [2.75, 3.05) is 0 Å². The van der Waals surface area contributed by atoms with E-state index in [1.54, 1.807) is 6.20 Å². The molecule has 0 amide bonds. The van der Waals surface area contributed by atoms with E-state index < -0.39 is 0 Å². The van der Waals surface area contributed by atoms with Gasteiger partial charge in [0.05, 0.1) is 5.02 Å². The highest BCUT2D eigenvalue weighted by Crippen LogP contribution is 2.30. The van der Waals surface area contributed by atoms with Crippen LogP contribution in [0.3, 0.4) is 0 Å². The molecule has 0 bridgehead atoms. The SMILES string of the molecule is CCC(N)Cc1cccc(Cl)c1OCc1cncc(C)c1. The molecule has 0 aliphatic rings. The highest BCUT2D eigenvalue weighted by Gasteiger charge is 2.11. The average molecular weight is 305 g/mol. The van der Waals surface area contributed by atoms with E-state index in [0.29, 0.717) is 11.6 Å². The summed E-state index contributed by atoms with van der Waals surface area (Å²) in [5, 5.41) is 0.622. The van der Waals surface area contributed by atoms with Crippen molar-refractivity contribution in [2.45, 2.75) is 39.3 Å². The zero-order valence-electron chi connectivity index (χ0n) is 12.5. The first-order valence-electron chi connectivity index (χ1n) is 7.16. The monoisotopic (exact) mass is 304 g/mol. The van der Waals surface area contributed by atoms with Crippen LogP contribution in [0.1, 0.15) is 30.0 Å². The van der Waals surface area contributed by atoms with Crippen molar-refractivity contribution in [3.8, 4) is 5.75 Å². The van der Waals surface area contributed by atoms with Gasteiger partial charge in [0.15, 0.2) is 0 Å². The van der Waals surface area contributed by atoms with Crippen molar-refractivity contribution in [1.29, 1.82) is 0 Å². The maximum Gasteiger partial charge on any atom is 0.141 e. The van der Waals surface area contributed by atoms with Crippen molar-refractivity contribution < 1.29 is 4.74 Å². The first-order valence-corrected chi connectivity index (χ1v) is 7.54. The predicted molar refractivity (Wildman–Crippen MR) is 86.7 cm³/mol. The van der Waals surface area contributed by atoms with E-state index in [9.17, 15) is 0 Å². The number of para-hydroxylation sites is 1. The molecule has 1 unspecified atom stereocenters. The fraction of sp³-hybridized carbons (Fsp3) is 0.353. The third-order valence-electron chi connectivity index (χ3n) is 3.37. The molecule has 2 N–H and O–H groups in total.